The van der Waals surface area contributed by atoms with E-state index < -0.39 is 122 Å². The summed E-state index contributed by atoms with van der Waals surface area (Å²) >= 11 is 0. The maximum absolute atomic E-state index is 12.2. The highest BCUT2D eigenvalue weighted by molar-refractivity contribution is 7.51. The van der Waals surface area contributed by atoms with Crippen LogP contribution in [0.1, 0.15) is 39.8 Å². The molecule has 0 fully saturated rings. The molecule has 0 aliphatic carbocycles. The van der Waals surface area contributed by atoms with Crippen LogP contribution in [-0.2, 0) is 58.2 Å². The average molecular weight is 745 g/mol. The van der Waals surface area contributed by atoms with Crippen LogP contribution in [0.3, 0.4) is 0 Å². The lowest BCUT2D eigenvalue weighted by Gasteiger charge is -2.37. The van der Waals surface area contributed by atoms with Crippen molar-refractivity contribution in [3.63, 3.8) is 0 Å². The minimum atomic E-state index is -4.88. The highest BCUT2D eigenvalue weighted by atomic mass is 31.2. The molecule has 20 nitrogen and oxygen atoms in total. The first-order chi connectivity index (χ1) is 22.7. The number of benzene rings is 2. The lowest BCUT2D eigenvalue weighted by atomic mass is 9.98. The molecule has 0 aromatic heterocycles. The van der Waals surface area contributed by atoms with Crippen molar-refractivity contribution >= 4 is 27.1 Å². The second kappa shape index (κ2) is 20.0. The van der Waals surface area contributed by atoms with E-state index in [9.17, 15) is 89.4 Å². The fraction of sp³-hybridized carbons (Fsp3) is 0.481. The van der Waals surface area contributed by atoms with Gasteiger partial charge < -0.3 is 90.0 Å². The number of nitrogens with one attached hydrogen (secondary N) is 2. The standard InChI is InChI=1S/C24H38N2O14P2.C3H4O4/c27-7-15-3-17(9-29)18(24(34)4-15)5-25(13-41(35,36)37)21(11-31)22(12-32)26(14-42(38,39)40)6-19-20(10-30)16(8-28)1-2-23(19)33;4-2(5)1-3(6)7/h1-4,21-22,27-34H,5-14H2,(H2,35,36,37)(H2,38,39,40);1H2,(H,4,5)(H,6,7)/t21-,22?;/m1./s1. The van der Waals surface area contributed by atoms with Crippen LogP contribution in [0.2, 0.25) is 0 Å². The third-order valence-corrected chi connectivity index (χ3v) is 9.04. The van der Waals surface area contributed by atoms with Crippen molar-refractivity contribution in [2.75, 3.05) is 25.8 Å². The zero-order valence-electron chi connectivity index (χ0n) is 26.0. The predicted octanol–water partition coefficient (Wildman–Crippen LogP) is -7.59. The van der Waals surface area contributed by atoms with E-state index in [-0.39, 0.29) is 43.2 Å². The van der Waals surface area contributed by atoms with Crippen molar-refractivity contribution in [1.29, 1.82) is 0 Å². The Morgan fingerprint density at radius 3 is 1.45 bits per heavy atom. The van der Waals surface area contributed by atoms with E-state index >= 15 is 0 Å². The Hall–Kier alpha value is -3.04. The first-order valence-corrected chi connectivity index (χ1v) is 17.8. The number of aliphatic carboxylic acids is 2. The molecule has 22 heteroatoms. The highest BCUT2D eigenvalue weighted by Crippen LogP contribution is 2.33. The minimum absolute atomic E-state index is 0.0145. The number of carbonyl (C=O) groups is 2. The molecule has 278 valence electrons. The van der Waals surface area contributed by atoms with E-state index in [1.165, 1.54) is 24.3 Å². The predicted molar refractivity (Wildman–Crippen MR) is 159 cm³/mol. The Morgan fingerprint density at radius 2 is 1.10 bits per heavy atom. The number of hydrogen-bond donors (Lipinski definition) is 14. The van der Waals surface area contributed by atoms with Gasteiger partial charge in [0.25, 0.3) is 0 Å². The van der Waals surface area contributed by atoms with Crippen LogP contribution in [0.25, 0.3) is 0 Å². The first kappa shape index (κ1) is 44.0. The van der Waals surface area contributed by atoms with Gasteiger partial charge in [-0.15, -0.1) is 0 Å². The SMILES string of the molecule is O=C([O-])CC(=O)[O-].O=P(O)(O)C[NH+](Cc1c(O)ccc(CO)c1CO)C(CO)[C@@H](CO)[NH+](Cc1c(O)cc(CO)cc1CO)CP(=O)(O)O. The molecule has 2 aromatic carbocycles. The molecule has 0 aliphatic rings. The van der Waals surface area contributed by atoms with Gasteiger partial charge in [-0.3, -0.25) is 9.13 Å². The van der Waals surface area contributed by atoms with Crippen molar-refractivity contribution in [2.24, 2.45) is 0 Å². The van der Waals surface area contributed by atoms with Gasteiger partial charge in [-0.25, -0.2) is 0 Å². The fourth-order valence-electron chi connectivity index (χ4n) is 5.28. The van der Waals surface area contributed by atoms with Crippen molar-refractivity contribution in [2.45, 2.75) is 58.0 Å². The highest BCUT2D eigenvalue weighted by Gasteiger charge is 2.43. The molecule has 0 amide bonds. The Kier molecular flexibility index (Phi) is 17.9. The van der Waals surface area contributed by atoms with E-state index in [0.29, 0.717) is 0 Å². The summed E-state index contributed by atoms with van der Waals surface area (Å²) in [5.74, 6) is -4.07. The van der Waals surface area contributed by atoms with E-state index in [4.69, 9.17) is 0 Å². The Balaban J connectivity index is 0.00000154. The van der Waals surface area contributed by atoms with Crippen molar-refractivity contribution in [3.8, 4) is 11.5 Å². The van der Waals surface area contributed by atoms with Gasteiger partial charge in [0, 0.05) is 18.4 Å². The molecule has 0 aliphatic heterocycles. The summed E-state index contributed by atoms with van der Waals surface area (Å²) in [6.45, 7) is -4.95. The van der Waals surface area contributed by atoms with E-state index in [0.717, 1.165) is 0 Å². The number of hydrogen-bond acceptors (Lipinski definition) is 14. The number of carboxylic acids is 2. The van der Waals surface area contributed by atoms with E-state index in [2.05, 4.69) is 0 Å². The van der Waals surface area contributed by atoms with Crippen LogP contribution >= 0.6 is 15.2 Å². The molecule has 0 saturated carbocycles. The lowest BCUT2D eigenvalue weighted by Crippen LogP contribution is -3.26. The Bertz CT molecular complexity index is 1480. The maximum atomic E-state index is 12.2. The number of aromatic hydroxyl groups is 2. The summed E-state index contributed by atoms with van der Waals surface area (Å²) < 4.78 is 24.3. The molecule has 3 unspecified atom stereocenters. The number of phenolic OH excluding ortho intramolecular Hbond substituents is 2. The molecule has 2 rings (SSSR count). The van der Waals surface area contributed by atoms with Crippen LogP contribution in [0.4, 0.5) is 0 Å². The maximum Gasteiger partial charge on any atom is 0.379 e. The topological polar surface area (TPSA) is 366 Å². The normalized spacial score (nSPS) is 14.3. The lowest BCUT2D eigenvalue weighted by molar-refractivity contribution is -0.999. The monoisotopic (exact) mass is 744 g/mol. The Labute approximate surface area is 279 Å². The number of aliphatic hydroxyl groups is 6. The zero-order valence-corrected chi connectivity index (χ0v) is 27.7. The number of quaternary nitrogens is 2. The van der Waals surface area contributed by atoms with Crippen LogP contribution in [0, 0.1) is 0 Å². The van der Waals surface area contributed by atoms with Gasteiger partial charge in [0.1, 0.15) is 37.8 Å². The molecule has 0 saturated heterocycles. The minimum Gasteiger partial charge on any atom is -0.550 e. The van der Waals surface area contributed by atoms with Crippen molar-refractivity contribution in [1.82, 2.24) is 0 Å². The quantitative estimate of drug-likeness (QED) is 0.0469. The zero-order chi connectivity index (χ0) is 37.7. The van der Waals surface area contributed by atoms with E-state index in [1.807, 2.05) is 0 Å². The number of carboxylic acid groups (broad SMARTS) is 2. The average Bonchev–Trinajstić information content (AvgIpc) is 2.98. The summed E-state index contributed by atoms with van der Waals surface area (Å²) in [5.41, 5.74) is 0.633. The summed E-state index contributed by atoms with van der Waals surface area (Å²) in [5, 5.41) is 99.5. The van der Waals surface area contributed by atoms with Gasteiger partial charge in [0.2, 0.25) is 0 Å². The van der Waals surface area contributed by atoms with Gasteiger partial charge in [-0.1, -0.05) is 12.1 Å². The van der Waals surface area contributed by atoms with Crippen LogP contribution in [0.5, 0.6) is 11.5 Å². The van der Waals surface area contributed by atoms with Crippen LogP contribution < -0.4 is 20.0 Å². The number of carbonyl (C=O) groups excluding carboxylic acids is 2. The summed E-state index contributed by atoms with van der Waals surface area (Å²) in [6, 6.07) is 2.37. The van der Waals surface area contributed by atoms with Crippen LogP contribution in [-0.4, -0.2) is 110 Å². The van der Waals surface area contributed by atoms with Gasteiger partial charge in [0.05, 0.1) is 37.6 Å². The summed E-state index contributed by atoms with van der Waals surface area (Å²) in [7, 11) is -9.76. The van der Waals surface area contributed by atoms with Gasteiger partial charge in [-0.05, 0) is 34.4 Å². The van der Waals surface area contributed by atoms with Gasteiger partial charge >= 0.3 is 15.2 Å². The molecule has 2 aromatic rings. The smallest absolute Gasteiger partial charge is 0.379 e. The molecule has 0 heterocycles. The van der Waals surface area contributed by atoms with E-state index in [1.54, 1.807) is 0 Å². The second-order valence-corrected chi connectivity index (χ2v) is 14.2. The fourth-order valence-corrected chi connectivity index (χ4v) is 7.03. The molecule has 14 N–H and O–H groups in total. The molecular formula is C27H42N2O18P2. The van der Waals surface area contributed by atoms with Crippen LogP contribution in [0.15, 0.2) is 24.3 Å². The van der Waals surface area contributed by atoms with Gasteiger partial charge in [0.15, 0.2) is 24.7 Å². The molecule has 0 radical (unpaired) electrons. The molecule has 49 heavy (non-hydrogen) atoms. The van der Waals surface area contributed by atoms with Gasteiger partial charge in [-0.2, -0.15) is 0 Å². The molecular weight excluding hydrogens is 702 g/mol. The molecule has 0 spiro atoms. The number of phenols is 2. The number of rotatable bonds is 19. The van der Waals surface area contributed by atoms with Crippen molar-refractivity contribution < 1.29 is 99.2 Å². The molecule has 0 bridgehead atoms. The van der Waals surface area contributed by atoms with Crippen molar-refractivity contribution in [3.05, 3.63) is 57.6 Å². The second-order valence-electron chi connectivity index (χ2n) is 10.9. The first-order valence-electron chi connectivity index (χ1n) is 14.2. The third kappa shape index (κ3) is 14.4. The number of aliphatic hydroxyl groups excluding tert-OH is 6. The summed E-state index contributed by atoms with van der Waals surface area (Å²) in [6.07, 6.45) is -2.96. The third-order valence-electron chi connectivity index (χ3n) is 7.41. The summed E-state index contributed by atoms with van der Waals surface area (Å²) in [4.78, 5) is 57.7. The molecule has 4 atom stereocenters. The largest absolute Gasteiger partial charge is 0.550 e. The Morgan fingerprint density at radius 1 is 0.633 bits per heavy atom.